The third-order valence-corrected chi connectivity index (χ3v) is 5.25. The molecular formula is C18H20F3N3OS. The molecule has 1 atom stereocenters. The van der Waals surface area contributed by atoms with Crippen LogP contribution < -0.4 is 10.6 Å². The van der Waals surface area contributed by atoms with Gasteiger partial charge in [0, 0.05) is 23.9 Å². The van der Waals surface area contributed by atoms with Gasteiger partial charge in [-0.2, -0.15) is 13.2 Å². The Morgan fingerprint density at radius 1 is 1.31 bits per heavy atom. The van der Waals surface area contributed by atoms with Crippen molar-refractivity contribution in [2.75, 3.05) is 18.4 Å². The number of hydrogen-bond acceptors (Lipinski definition) is 4. The van der Waals surface area contributed by atoms with Crippen molar-refractivity contribution in [2.24, 2.45) is 5.92 Å². The molecule has 1 fully saturated rings. The molecule has 1 aliphatic rings. The molecule has 0 radical (unpaired) electrons. The lowest BCUT2D eigenvalue weighted by molar-refractivity contribution is -0.137. The number of amides is 1. The third-order valence-electron chi connectivity index (χ3n) is 4.33. The molecule has 1 aromatic carbocycles. The SMILES string of the molecule is O=C(CC1CCCNC1)Nc1ncc(Cc2ccc(C(F)(F)F)cc2)s1. The van der Waals surface area contributed by atoms with Crippen LogP contribution in [0.2, 0.25) is 0 Å². The molecule has 2 aromatic rings. The number of benzene rings is 1. The summed E-state index contributed by atoms with van der Waals surface area (Å²) in [6, 6.07) is 5.10. The third kappa shape index (κ3) is 5.28. The van der Waals surface area contributed by atoms with Crippen LogP contribution in [-0.4, -0.2) is 24.0 Å². The Kier molecular flexibility index (Phi) is 5.93. The fourth-order valence-corrected chi connectivity index (χ4v) is 3.85. The highest BCUT2D eigenvalue weighted by atomic mass is 32.1. The van der Waals surface area contributed by atoms with Gasteiger partial charge in [-0.15, -0.1) is 11.3 Å². The first kappa shape index (κ1) is 18.8. The smallest absolute Gasteiger partial charge is 0.316 e. The summed E-state index contributed by atoms with van der Waals surface area (Å²) in [5.74, 6) is 0.310. The predicted molar refractivity (Wildman–Crippen MR) is 95.2 cm³/mol. The van der Waals surface area contributed by atoms with Gasteiger partial charge in [-0.3, -0.25) is 4.79 Å². The lowest BCUT2D eigenvalue weighted by Gasteiger charge is -2.21. The van der Waals surface area contributed by atoms with Crippen LogP contribution in [0.3, 0.4) is 0 Å². The van der Waals surface area contributed by atoms with E-state index in [1.165, 1.54) is 23.5 Å². The Hall–Kier alpha value is -1.93. The molecule has 1 amide bonds. The molecule has 2 N–H and O–H groups in total. The fourth-order valence-electron chi connectivity index (χ4n) is 2.99. The van der Waals surface area contributed by atoms with Crippen LogP contribution in [0.4, 0.5) is 18.3 Å². The largest absolute Gasteiger partial charge is 0.416 e. The number of aromatic nitrogens is 1. The van der Waals surface area contributed by atoms with Crippen molar-refractivity contribution < 1.29 is 18.0 Å². The van der Waals surface area contributed by atoms with Crippen LogP contribution in [0, 0.1) is 5.92 Å². The van der Waals surface area contributed by atoms with E-state index in [4.69, 9.17) is 0 Å². The second-order valence-corrected chi connectivity index (χ2v) is 7.58. The molecule has 1 aromatic heterocycles. The molecule has 0 aliphatic carbocycles. The number of carbonyl (C=O) groups excluding carboxylic acids is 1. The summed E-state index contributed by atoms with van der Waals surface area (Å²) in [6.45, 7) is 1.88. The minimum atomic E-state index is -4.33. The summed E-state index contributed by atoms with van der Waals surface area (Å²) in [4.78, 5) is 17.2. The van der Waals surface area contributed by atoms with E-state index in [0.29, 0.717) is 23.9 Å². The van der Waals surface area contributed by atoms with Gasteiger partial charge in [0.1, 0.15) is 0 Å². The quantitative estimate of drug-likeness (QED) is 0.818. The number of nitrogens with zero attached hydrogens (tertiary/aromatic N) is 1. The molecule has 26 heavy (non-hydrogen) atoms. The molecule has 3 rings (SSSR count). The van der Waals surface area contributed by atoms with E-state index in [9.17, 15) is 18.0 Å². The van der Waals surface area contributed by atoms with Gasteiger partial charge in [-0.1, -0.05) is 12.1 Å². The van der Waals surface area contributed by atoms with Gasteiger partial charge in [0.05, 0.1) is 5.56 Å². The Balaban J connectivity index is 1.53. The van der Waals surface area contributed by atoms with E-state index >= 15 is 0 Å². The average molecular weight is 383 g/mol. The number of nitrogens with one attached hydrogen (secondary N) is 2. The Labute approximate surface area is 153 Å². The number of rotatable bonds is 5. The lowest BCUT2D eigenvalue weighted by Crippen LogP contribution is -2.32. The summed E-state index contributed by atoms with van der Waals surface area (Å²) < 4.78 is 37.8. The molecular weight excluding hydrogens is 363 g/mol. The van der Waals surface area contributed by atoms with Crippen molar-refractivity contribution in [3.63, 3.8) is 0 Å². The molecule has 1 unspecified atom stereocenters. The summed E-state index contributed by atoms with van der Waals surface area (Å²) in [6.07, 6.45) is 0.428. The van der Waals surface area contributed by atoms with Gasteiger partial charge < -0.3 is 10.6 Å². The number of thiazole rings is 1. The van der Waals surface area contributed by atoms with Crippen molar-refractivity contribution in [2.45, 2.75) is 31.9 Å². The normalized spacial score (nSPS) is 17.9. The molecule has 4 nitrogen and oxygen atoms in total. The topological polar surface area (TPSA) is 54.0 Å². The molecule has 2 heterocycles. The number of anilines is 1. The Morgan fingerprint density at radius 3 is 2.73 bits per heavy atom. The molecule has 1 saturated heterocycles. The van der Waals surface area contributed by atoms with Crippen molar-refractivity contribution in [1.82, 2.24) is 10.3 Å². The standard InChI is InChI=1S/C18H20F3N3OS/c19-18(20,21)14-5-3-12(4-6-14)8-15-11-23-17(26-15)24-16(25)9-13-2-1-7-22-10-13/h3-6,11,13,22H,1-2,7-10H2,(H,23,24,25). The van der Waals surface area contributed by atoms with Crippen molar-refractivity contribution in [1.29, 1.82) is 0 Å². The number of carbonyl (C=O) groups is 1. The zero-order chi connectivity index (χ0) is 18.6. The van der Waals surface area contributed by atoms with Crippen LogP contribution in [0.15, 0.2) is 30.5 Å². The lowest BCUT2D eigenvalue weighted by atomic mass is 9.96. The number of piperidine rings is 1. The van der Waals surface area contributed by atoms with Crippen LogP contribution in [-0.2, 0) is 17.4 Å². The molecule has 140 valence electrons. The summed E-state index contributed by atoms with van der Waals surface area (Å²) >= 11 is 1.35. The van der Waals surface area contributed by atoms with E-state index in [2.05, 4.69) is 15.6 Å². The van der Waals surface area contributed by atoms with Crippen molar-refractivity contribution in [3.05, 3.63) is 46.5 Å². The van der Waals surface area contributed by atoms with E-state index in [1.807, 2.05) is 0 Å². The minimum absolute atomic E-state index is 0.0471. The first-order valence-corrected chi connectivity index (χ1v) is 9.33. The zero-order valence-corrected chi connectivity index (χ0v) is 14.9. The molecule has 8 heteroatoms. The highest BCUT2D eigenvalue weighted by Crippen LogP contribution is 2.30. The van der Waals surface area contributed by atoms with Crippen molar-refractivity contribution >= 4 is 22.4 Å². The molecule has 0 saturated carbocycles. The Morgan fingerprint density at radius 2 is 2.08 bits per heavy atom. The summed E-state index contributed by atoms with van der Waals surface area (Å²) in [7, 11) is 0. The summed E-state index contributed by atoms with van der Waals surface area (Å²) in [5.41, 5.74) is 0.114. The summed E-state index contributed by atoms with van der Waals surface area (Å²) in [5, 5.41) is 6.63. The van der Waals surface area contributed by atoms with E-state index in [1.54, 1.807) is 6.20 Å². The highest BCUT2D eigenvalue weighted by molar-refractivity contribution is 7.15. The second-order valence-electron chi connectivity index (χ2n) is 6.47. The molecule has 0 bridgehead atoms. The van der Waals surface area contributed by atoms with E-state index in [0.717, 1.165) is 48.5 Å². The van der Waals surface area contributed by atoms with Gasteiger partial charge in [0.15, 0.2) is 5.13 Å². The molecule has 1 aliphatic heterocycles. The first-order chi connectivity index (χ1) is 12.4. The van der Waals surface area contributed by atoms with E-state index in [-0.39, 0.29) is 5.91 Å². The van der Waals surface area contributed by atoms with Crippen LogP contribution in [0.25, 0.3) is 0 Å². The first-order valence-electron chi connectivity index (χ1n) is 8.51. The number of hydrogen-bond donors (Lipinski definition) is 2. The van der Waals surface area contributed by atoms with Gasteiger partial charge in [0.25, 0.3) is 0 Å². The number of halogens is 3. The minimum Gasteiger partial charge on any atom is -0.316 e. The van der Waals surface area contributed by atoms with Crippen molar-refractivity contribution in [3.8, 4) is 0 Å². The predicted octanol–water partition coefficient (Wildman–Crippen LogP) is 4.08. The maximum Gasteiger partial charge on any atom is 0.416 e. The van der Waals surface area contributed by atoms with Gasteiger partial charge in [-0.25, -0.2) is 4.98 Å². The monoisotopic (exact) mass is 383 g/mol. The average Bonchev–Trinajstić information content (AvgIpc) is 3.02. The fraction of sp³-hybridized carbons (Fsp3) is 0.444. The molecule has 0 spiro atoms. The van der Waals surface area contributed by atoms with Gasteiger partial charge >= 0.3 is 6.18 Å². The zero-order valence-electron chi connectivity index (χ0n) is 14.1. The highest BCUT2D eigenvalue weighted by Gasteiger charge is 2.29. The number of alkyl halides is 3. The van der Waals surface area contributed by atoms with Crippen LogP contribution in [0.5, 0.6) is 0 Å². The Bertz CT molecular complexity index is 737. The van der Waals surface area contributed by atoms with Crippen LogP contribution >= 0.6 is 11.3 Å². The van der Waals surface area contributed by atoms with Gasteiger partial charge in [-0.05, 0) is 49.5 Å². The maximum atomic E-state index is 12.6. The van der Waals surface area contributed by atoms with Gasteiger partial charge in [0.2, 0.25) is 5.91 Å². The second kappa shape index (κ2) is 8.18. The van der Waals surface area contributed by atoms with Crippen LogP contribution in [0.1, 0.15) is 35.3 Å². The van der Waals surface area contributed by atoms with E-state index < -0.39 is 11.7 Å². The maximum absolute atomic E-state index is 12.6.